The predicted octanol–water partition coefficient (Wildman–Crippen LogP) is 12.9. The summed E-state index contributed by atoms with van der Waals surface area (Å²) < 4.78 is 0. The van der Waals surface area contributed by atoms with Gasteiger partial charge in [-0.2, -0.15) is 0 Å². The van der Waals surface area contributed by atoms with Gasteiger partial charge >= 0.3 is 0 Å². The van der Waals surface area contributed by atoms with Gasteiger partial charge in [-0.3, -0.25) is 4.90 Å². The van der Waals surface area contributed by atoms with Gasteiger partial charge in [0.1, 0.15) is 12.5 Å². The van der Waals surface area contributed by atoms with Crippen molar-refractivity contribution in [3.8, 4) is 22.3 Å². The van der Waals surface area contributed by atoms with Crippen molar-refractivity contribution < 1.29 is 0 Å². The Morgan fingerprint density at radius 3 is 1.64 bits per heavy atom. The number of fused-ring (bicyclic) bond motifs is 6. The number of para-hydroxylation sites is 5. The molecule has 0 spiro atoms. The van der Waals surface area contributed by atoms with Crippen molar-refractivity contribution in [1.82, 2.24) is 4.98 Å². The van der Waals surface area contributed by atoms with E-state index in [9.17, 15) is 0 Å². The average molecular weight is 682 g/mol. The number of rotatable bonds is 6. The highest BCUT2D eigenvalue weighted by Gasteiger charge is 2.30. The lowest BCUT2D eigenvalue weighted by Gasteiger charge is -2.30. The molecule has 0 radical (unpaired) electrons. The van der Waals surface area contributed by atoms with Crippen LogP contribution >= 0.6 is 0 Å². The Bertz CT molecular complexity index is 2570. The van der Waals surface area contributed by atoms with Crippen LogP contribution in [0.25, 0.3) is 22.3 Å². The van der Waals surface area contributed by atoms with Crippen molar-refractivity contribution in [2.45, 2.75) is 0 Å². The molecule has 8 aromatic rings. The van der Waals surface area contributed by atoms with E-state index in [2.05, 4.69) is 208 Å². The van der Waals surface area contributed by atoms with Gasteiger partial charge in [-0.15, -0.1) is 0 Å². The van der Waals surface area contributed by atoms with Gasteiger partial charge in [-0.1, -0.05) is 109 Å². The Kier molecular flexibility index (Phi) is 7.47. The SMILES string of the molecule is c1ccc(N2CN(c3cccc(N(c4ccccc4)c4ccc5c(c4)N(c4ccccn4)c4ccccc4-c4ccccc4-5)c3)c3ccccc32)cc1. The van der Waals surface area contributed by atoms with Crippen LogP contribution in [0.2, 0.25) is 0 Å². The van der Waals surface area contributed by atoms with Gasteiger partial charge in [0.25, 0.3) is 0 Å². The minimum atomic E-state index is 0.717. The second kappa shape index (κ2) is 12.9. The molecule has 10 rings (SSSR count). The zero-order valence-corrected chi connectivity index (χ0v) is 29.0. The summed E-state index contributed by atoms with van der Waals surface area (Å²) in [5, 5.41) is 0. The molecule has 0 unspecified atom stereocenters. The third kappa shape index (κ3) is 5.29. The van der Waals surface area contributed by atoms with Crippen LogP contribution in [-0.2, 0) is 0 Å². The number of aromatic nitrogens is 1. The first kappa shape index (κ1) is 30.7. The normalized spacial score (nSPS) is 12.7. The van der Waals surface area contributed by atoms with Crippen LogP contribution in [0.5, 0.6) is 0 Å². The topological polar surface area (TPSA) is 25.9 Å². The van der Waals surface area contributed by atoms with Gasteiger partial charge < -0.3 is 14.7 Å². The van der Waals surface area contributed by atoms with Crippen LogP contribution in [0, 0.1) is 0 Å². The molecular formula is C48H35N5. The number of hydrogen-bond acceptors (Lipinski definition) is 5. The maximum Gasteiger partial charge on any atom is 0.137 e. The fraction of sp³-hybridized carbons (Fsp3) is 0.0208. The second-order valence-corrected chi connectivity index (χ2v) is 13.3. The maximum atomic E-state index is 4.90. The molecule has 2 aliphatic heterocycles. The molecule has 2 aliphatic rings. The van der Waals surface area contributed by atoms with E-state index in [-0.39, 0.29) is 0 Å². The standard InChI is InChI=1S/C48H35N5/c1-3-16-35(17-4-1)50-34-51(46-27-12-11-26-45(46)50)37-20-15-21-38(32-37)52(36-18-5-2-6-19-36)39-29-30-43-41-23-8-7-22-40(41)42-24-9-10-25-44(42)53(47(43)33-39)48-28-13-14-31-49-48/h1-33H,34H2. The molecule has 0 bridgehead atoms. The Morgan fingerprint density at radius 2 is 0.925 bits per heavy atom. The van der Waals surface area contributed by atoms with Crippen LogP contribution in [0.1, 0.15) is 0 Å². The van der Waals surface area contributed by atoms with Crippen LogP contribution in [-0.4, -0.2) is 11.7 Å². The largest absolute Gasteiger partial charge is 0.321 e. The zero-order chi connectivity index (χ0) is 35.1. The molecule has 1 aromatic heterocycles. The minimum absolute atomic E-state index is 0.717. The molecule has 0 saturated heterocycles. The summed E-state index contributed by atoms with van der Waals surface area (Å²) >= 11 is 0. The summed E-state index contributed by atoms with van der Waals surface area (Å²) in [5.74, 6) is 0.870. The van der Waals surface area contributed by atoms with Gasteiger partial charge in [0.2, 0.25) is 0 Å². The van der Waals surface area contributed by atoms with E-state index in [4.69, 9.17) is 4.98 Å². The fourth-order valence-electron chi connectivity index (χ4n) is 7.87. The summed E-state index contributed by atoms with van der Waals surface area (Å²) in [6, 6.07) is 69.2. The van der Waals surface area contributed by atoms with Gasteiger partial charge in [0, 0.05) is 45.8 Å². The van der Waals surface area contributed by atoms with E-state index in [0.717, 1.165) is 52.2 Å². The first-order valence-corrected chi connectivity index (χ1v) is 18.0. The third-order valence-corrected chi connectivity index (χ3v) is 10.2. The monoisotopic (exact) mass is 681 g/mol. The summed E-state index contributed by atoms with van der Waals surface area (Å²) in [4.78, 5) is 14.4. The number of benzene rings is 7. The molecule has 0 aliphatic carbocycles. The van der Waals surface area contributed by atoms with E-state index in [1.807, 2.05) is 12.3 Å². The second-order valence-electron chi connectivity index (χ2n) is 13.3. The van der Waals surface area contributed by atoms with E-state index in [1.54, 1.807) is 0 Å². The van der Waals surface area contributed by atoms with Crippen molar-refractivity contribution in [1.29, 1.82) is 0 Å². The highest BCUT2D eigenvalue weighted by Crippen LogP contribution is 2.52. The molecule has 7 aromatic carbocycles. The van der Waals surface area contributed by atoms with Crippen molar-refractivity contribution in [3.63, 3.8) is 0 Å². The van der Waals surface area contributed by atoms with Gasteiger partial charge in [0.05, 0.1) is 22.7 Å². The predicted molar refractivity (Wildman–Crippen MR) is 220 cm³/mol. The maximum absolute atomic E-state index is 4.90. The molecule has 0 amide bonds. The summed E-state index contributed by atoms with van der Waals surface area (Å²) in [7, 11) is 0. The average Bonchev–Trinajstić information content (AvgIpc) is 3.57. The van der Waals surface area contributed by atoms with Crippen LogP contribution in [0.3, 0.4) is 0 Å². The summed E-state index contributed by atoms with van der Waals surface area (Å²) in [5.41, 5.74) is 14.8. The lowest BCUT2D eigenvalue weighted by atomic mass is 9.94. The number of hydrogen-bond donors (Lipinski definition) is 0. The van der Waals surface area contributed by atoms with Crippen LogP contribution in [0.4, 0.5) is 57.0 Å². The van der Waals surface area contributed by atoms with Crippen molar-refractivity contribution in [2.24, 2.45) is 0 Å². The molecule has 3 heterocycles. The smallest absolute Gasteiger partial charge is 0.137 e. The van der Waals surface area contributed by atoms with Crippen molar-refractivity contribution in [3.05, 3.63) is 200 Å². The molecule has 0 atom stereocenters. The lowest BCUT2D eigenvalue weighted by Crippen LogP contribution is -2.24. The Balaban J connectivity index is 1.14. The quantitative estimate of drug-likeness (QED) is 0.174. The van der Waals surface area contributed by atoms with Crippen LogP contribution < -0.4 is 19.6 Å². The first-order chi connectivity index (χ1) is 26.3. The Labute approximate surface area is 309 Å². The van der Waals surface area contributed by atoms with Crippen molar-refractivity contribution >= 4 is 57.0 Å². The van der Waals surface area contributed by atoms with Crippen LogP contribution in [0.15, 0.2) is 200 Å². The Morgan fingerprint density at radius 1 is 0.377 bits per heavy atom. The van der Waals surface area contributed by atoms with E-state index < -0.39 is 0 Å². The molecular weight excluding hydrogens is 647 g/mol. The van der Waals surface area contributed by atoms with E-state index >= 15 is 0 Å². The molecule has 0 fully saturated rings. The third-order valence-electron chi connectivity index (χ3n) is 10.2. The van der Waals surface area contributed by atoms with E-state index in [1.165, 1.54) is 33.8 Å². The number of pyridine rings is 1. The van der Waals surface area contributed by atoms with Gasteiger partial charge in [-0.25, -0.2) is 4.98 Å². The lowest BCUT2D eigenvalue weighted by molar-refractivity contribution is 0.990. The Hall–Kier alpha value is -7.11. The van der Waals surface area contributed by atoms with Crippen molar-refractivity contribution in [2.75, 3.05) is 26.3 Å². The highest BCUT2D eigenvalue weighted by molar-refractivity contribution is 6.03. The molecule has 5 heteroatoms. The molecule has 252 valence electrons. The molecule has 0 N–H and O–H groups in total. The van der Waals surface area contributed by atoms with E-state index in [0.29, 0.717) is 0 Å². The molecule has 53 heavy (non-hydrogen) atoms. The zero-order valence-electron chi connectivity index (χ0n) is 29.0. The number of anilines is 10. The molecule has 5 nitrogen and oxygen atoms in total. The number of nitrogens with zero attached hydrogens (tertiary/aromatic N) is 5. The fourth-order valence-corrected chi connectivity index (χ4v) is 7.87. The summed E-state index contributed by atoms with van der Waals surface area (Å²) in [6.45, 7) is 0.717. The summed E-state index contributed by atoms with van der Waals surface area (Å²) in [6.07, 6.45) is 1.87. The highest BCUT2D eigenvalue weighted by atomic mass is 15.4. The van der Waals surface area contributed by atoms with Gasteiger partial charge in [0.15, 0.2) is 0 Å². The van der Waals surface area contributed by atoms with Gasteiger partial charge in [-0.05, 0) is 96.1 Å². The minimum Gasteiger partial charge on any atom is -0.321 e. The first-order valence-electron chi connectivity index (χ1n) is 18.0. The molecule has 0 saturated carbocycles.